The second-order valence-electron chi connectivity index (χ2n) is 5.23. The molecule has 1 atom stereocenters. The Morgan fingerprint density at radius 1 is 0.783 bits per heavy atom. The fourth-order valence-electron chi connectivity index (χ4n) is 2.38. The minimum atomic E-state index is -4.31. The highest BCUT2D eigenvalue weighted by Crippen LogP contribution is 2.31. The SMILES string of the molecule is N[C@H](c1ccc(-c2ccc(C(F)(F)F)cc2)cc1)c1ccsc1. The van der Waals surface area contributed by atoms with E-state index in [9.17, 15) is 13.2 Å². The van der Waals surface area contributed by atoms with Gasteiger partial charge in [-0.3, -0.25) is 0 Å². The van der Waals surface area contributed by atoms with E-state index in [2.05, 4.69) is 0 Å². The molecule has 0 bridgehead atoms. The fourth-order valence-corrected chi connectivity index (χ4v) is 3.08. The highest BCUT2D eigenvalue weighted by Gasteiger charge is 2.29. The van der Waals surface area contributed by atoms with Crippen LogP contribution < -0.4 is 5.73 Å². The molecule has 2 aromatic carbocycles. The third kappa shape index (κ3) is 3.46. The molecule has 0 aliphatic carbocycles. The van der Waals surface area contributed by atoms with Gasteiger partial charge in [0.05, 0.1) is 11.6 Å². The van der Waals surface area contributed by atoms with Gasteiger partial charge in [0.25, 0.3) is 0 Å². The first-order valence-corrected chi connectivity index (χ1v) is 7.95. The molecule has 23 heavy (non-hydrogen) atoms. The first kappa shape index (κ1) is 15.8. The average molecular weight is 333 g/mol. The molecule has 1 heterocycles. The van der Waals surface area contributed by atoms with Crippen LogP contribution in [0.3, 0.4) is 0 Å². The molecule has 1 nitrogen and oxygen atoms in total. The van der Waals surface area contributed by atoms with Crippen molar-refractivity contribution >= 4 is 11.3 Å². The second kappa shape index (κ2) is 6.18. The van der Waals surface area contributed by atoms with Gasteiger partial charge in [-0.1, -0.05) is 36.4 Å². The van der Waals surface area contributed by atoms with Crippen molar-refractivity contribution in [1.82, 2.24) is 0 Å². The summed E-state index contributed by atoms with van der Waals surface area (Å²) in [5.41, 5.74) is 9.19. The predicted molar refractivity (Wildman–Crippen MR) is 87.2 cm³/mol. The summed E-state index contributed by atoms with van der Waals surface area (Å²) in [4.78, 5) is 0. The zero-order valence-electron chi connectivity index (χ0n) is 12.0. The number of alkyl halides is 3. The molecule has 2 N–H and O–H groups in total. The summed E-state index contributed by atoms with van der Waals surface area (Å²) >= 11 is 1.59. The highest BCUT2D eigenvalue weighted by molar-refractivity contribution is 7.08. The Kier molecular flexibility index (Phi) is 4.24. The maximum atomic E-state index is 12.6. The van der Waals surface area contributed by atoms with Crippen LogP contribution in [-0.4, -0.2) is 0 Å². The minimum Gasteiger partial charge on any atom is -0.320 e. The molecule has 118 valence electrons. The molecule has 3 rings (SSSR count). The summed E-state index contributed by atoms with van der Waals surface area (Å²) in [6.07, 6.45) is -4.31. The quantitative estimate of drug-likeness (QED) is 0.674. The minimum absolute atomic E-state index is 0.192. The molecule has 1 aromatic heterocycles. The first-order chi connectivity index (χ1) is 10.9. The van der Waals surface area contributed by atoms with E-state index in [1.54, 1.807) is 11.3 Å². The Morgan fingerprint density at radius 2 is 1.35 bits per heavy atom. The molecule has 0 unspecified atom stereocenters. The van der Waals surface area contributed by atoms with Gasteiger partial charge in [0.2, 0.25) is 0 Å². The molecule has 3 aromatic rings. The number of hydrogen-bond acceptors (Lipinski definition) is 2. The number of rotatable bonds is 3. The maximum absolute atomic E-state index is 12.6. The zero-order valence-corrected chi connectivity index (χ0v) is 12.9. The van der Waals surface area contributed by atoms with E-state index in [1.807, 2.05) is 41.1 Å². The maximum Gasteiger partial charge on any atom is 0.416 e. The second-order valence-corrected chi connectivity index (χ2v) is 6.01. The molecule has 0 saturated carbocycles. The predicted octanol–water partition coefficient (Wildman–Crippen LogP) is 5.48. The third-order valence-corrected chi connectivity index (χ3v) is 4.42. The van der Waals surface area contributed by atoms with Gasteiger partial charge in [0.1, 0.15) is 0 Å². The van der Waals surface area contributed by atoms with E-state index < -0.39 is 11.7 Å². The van der Waals surface area contributed by atoms with Crippen molar-refractivity contribution in [1.29, 1.82) is 0 Å². The lowest BCUT2D eigenvalue weighted by Gasteiger charge is -2.12. The Morgan fingerprint density at radius 3 is 1.83 bits per heavy atom. The summed E-state index contributed by atoms with van der Waals surface area (Å²) in [5.74, 6) is 0. The molecule has 0 amide bonds. The van der Waals surface area contributed by atoms with Crippen molar-refractivity contribution in [3.05, 3.63) is 82.0 Å². The van der Waals surface area contributed by atoms with Gasteiger partial charge in [-0.05, 0) is 51.2 Å². The molecule has 5 heteroatoms. The molecule has 0 aliphatic rings. The number of halogens is 3. The van der Waals surface area contributed by atoms with Gasteiger partial charge in [-0.15, -0.1) is 0 Å². The van der Waals surface area contributed by atoms with Crippen molar-refractivity contribution < 1.29 is 13.2 Å². The Balaban J connectivity index is 1.82. The molecule has 0 aliphatic heterocycles. The topological polar surface area (TPSA) is 26.0 Å². The highest BCUT2D eigenvalue weighted by atomic mass is 32.1. The van der Waals surface area contributed by atoms with Gasteiger partial charge in [-0.2, -0.15) is 24.5 Å². The molecule has 0 spiro atoms. The van der Waals surface area contributed by atoms with Gasteiger partial charge >= 0.3 is 6.18 Å². The fraction of sp³-hybridized carbons (Fsp3) is 0.111. The van der Waals surface area contributed by atoms with Crippen LogP contribution in [-0.2, 0) is 6.18 Å². The van der Waals surface area contributed by atoms with Crippen molar-refractivity contribution in [3.63, 3.8) is 0 Å². The van der Waals surface area contributed by atoms with Crippen molar-refractivity contribution in [2.45, 2.75) is 12.2 Å². The molecule has 0 radical (unpaired) electrons. The number of thiophene rings is 1. The summed E-state index contributed by atoms with van der Waals surface area (Å²) in [6, 6.07) is 14.5. The van der Waals surface area contributed by atoms with Crippen molar-refractivity contribution in [2.75, 3.05) is 0 Å². The summed E-state index contributed by atoms with van der Waals surface area (Å²) < 4.78 is 37.8. The molecular weight excluding hydrogens is 319 g/mol. The number of benzene rings is 2. The Bertz CT molecular complexity index is 760. The van der Waals surface area contributed by atoms with Gasteiger partial charge < -0.3 is 5.73 Å². The lowest BCUT2D eigenvalue weighted by Crippen LogP contribution is -2.10. The lowest BCUT2D eigenvalue weighted by molar-refractivity contribution is -0.137. The van der Waals surface area contributed by atoms with Gasteiger partial charge in [0, 0.05) is 0 Å². The van der Waals surface area contributed by atoms with Crippen LogP contribution in [0.1, 0.15) is 22.7 Å². The van der Waals surface area contributed by atoms with Crippen molar-refractivity contribution in [2.24, 2.45) is 5.73 Å². The third-order valence-electron chi connectivity index (χ3n) is 3.72. The van der Waals surface area contributed by atoms with E-state index in [-0.39, 0.29) is 6.04 Å². The molecule has 0 saturated heterocycles. The monoisotopic (exact) mass is 333 g/mol. The number of hydrogen-bond donors (Lipinski definition) is 1. The Hall–Kier alpha value is -2.11. The smallest absolute Gasteiger partial charge is 0.320 e. The summed E-state index contributed by atoms with van der Waals surface area (Å²) in [7, 11) is 0. The van der Waals surface area contributed by atoms with E-state index in [0.29, 0.717) is 0 Å². The van der Waals surface area contributed by atoms with Crippen LogP contribution in [0, 0.1) is 0 Å². The first-order valence-electron chi connectivity index (χ1n) is 7.00. The van der Waals surface area contributed by atoms with Crippen LogP contribution >= 0.6 is 11.3 Å². The van der Waals surface area contributed by atoms with Crippen LogP contribution in [0.4, 0.5) is 13.2 Å². The number of nitrogens with two attached hydrogens (primary N) is 1. The van der Waals surface area contributed by atoms with Gasteiger partial charge in [-0.25, -0.2) is 0 Å². The summed E-state index contributed by atoms with van der Waals surface area (Å²) in [6.45, 7) is 0. The van der Waals surface area contributed by atoms with E-state index in [1.165, 1.54) is 12.1 Å². The van der Waals surface area contributed by atoms with Crippen LogP contribution in [0.15, 0.2) is 65.4 Å². The van der Waals surface area contributed by atoms with E-state index in [0.717, 1.165) is 34.4 Å². The van der Waals surface area contributed by atoms with E-state index in [4.69, 9.17) is 5.73 Å². The average Bonchev–Trinajstić information content (AvgIpc) is 3.08. The molecular formula is C18H14F3NS. The van der Waals surface area contributed by atoms with Gasteiger partial charge in [0.15, 0.2) is 0 Å². The Labute approximate surface area is 136 Å². The lowest BCUT2D eigenvalue weighted by atomic mass is 9.98. The van der Waals surface area contributed by atoms with E-state index >= 15 is 0 Å². The van der Waals surface area contributed by atoms with Crippen LogP contribution in [0.25, 0.3) is 11.1 Å². The largest absolute Gasteiger partial charge is 0.416 e. The van der Waals surface area contributed by atoms with Crippen LogP contribution in [0.2, 0.25) is 0 Å². The van der Waals surface area contributed by atoms with Crippen LogP contribution in [0.5, 0.6) is 0 Å². The summed E-state index contributed by atoms with van der Waals surface area (Å²) in [5, 5.41) is 3.99. The zero-order chi connectivity index (χ0) is 16.4. The standard InChI is InChI=1S/C18H14F3NS/c19-18(20,21)16-7-5-13(6-8-16)12-1-3-14(4-2-12)17(22)15-9-10-23-11-15/h1-11,17H,22H2/t17-/m1/s1. The van der Waals surface area contributed by atoms with Crippen molar-refractivity contribution in [3.8, 4) is 11.1 Å². The normalized spacial score (nSPS) is 13.0. The molecule has 0 fully saturated rings.